The lowest BCUT2D eigenvalue weighted by molar-refractivity contribution is 0.174. The van der Waals surface area contributed by atoms with E-state index in [0.717, 1.165) is 5.56 Å². The van der Waals surface area contributed by atoms with Crippen molar-refractivity contribution in [3.05, 3.63) is 29.6 Å². The Morgan fingerprint density at radius 2 is 2.44 bits per heavy atom. The average Bonchev–Trinajstić information content (AvgIpc) is 1.88. The summed E-state index contributed by atoms with van der Waals surface area (Å²) in [5.74, 6) is 0. The van der Waals surface area contributed by atoms with Crippen molar-refractivity contribution in [2.45, 2.75) is 13.5 Å². The van der Waals surface area contributed by atoms with Gasteiger partial charge in [-0.1, -0.05) is 0 Å². The molecule has 47 valence electrons. The summed E-state index contributed by atoms with van der Waals surface area (Å²) in [4.78, 5) is 3.85. The molecule has 1 radical (unpaired) electrons. The first-order valence-electron chi connectivity index (χ1n) is 2.82. The maximum absolute atomic E-state index is 10.2. The minimum atomic E-state index is -0.221. The Morgan fingerprint density at radius 1 is 1.67 bits per heavy atom. The third kappa shape index (κ3) is 1.50. The van der Waals surface area contributed by atoms with Crippen LogP contribution in [0.25, 0.3) is 0 Å². The first-order chi connectivity index (χ1) is 4.33. The molecule has 2 nitrogen and oxygen atoms in total. The maximum atomic E-state index is 10.2. The smallest absolute Gasteiger partial charge is 0.124 e. The number of aryl methyl sites for hydroxylation is 1. The van der Waals surface area contributed by atoms with Gasteiger partial charge in [-0.25, -0.2) is 5.11 Å². The van der Waals surface area contributed by atoms with Gasteiger partial charge < -0.3 is 0 Å². The SMILES string of the molecule is Cc1ccnc(C[O])c1. The van der Waals surface area contributed by atoms with Crippen molar-refractivity contribution in [3.63, 3.8) is 0 Å². The maximum Gasteiger partial charge on any atom is 0.124 e. The van der Waals surface area contributed by atoms with Crippen LogP contribution in [0.3, 0.4) is 0 Å². The second-order valence-electron chi connectivity index (χ2n) is 1.97. The molecule has 0 fully saturated rings. The molecule has 0 N–H and O–H groups in total. The summed E-state index contributed by atoms with van der Waals surface area (Å²) in [7, 11) is 0. The highest BCUT2D eigenvalue weighted by Crippen LogP contribution is 1.98. The van der Waals surface area contributed by atoms with Crippen molar-refractivity contribution in [2.75, 3.05) is 0 Å². The standard InChI is InChI=1S/C7H8NO/c1-6-2-3-8-7(4-6)5-9/h2-4H,5H2,1H3. The fraction of sp³-hybridized carbons (Fsp3) is 0.286. The number of rotatable bonds is 1. The second-order valence-corrected chi connectivity index (χ2v) is 1.97. The first kappa shape index (κ1) is 6.23. The summed E-state index contributed by atoms with van der Waals surface area (Å²) in [6.07, 6.45) is 1.66. The summed E-state index contributed by atoms with van der Waals surface area (Å²) < 4.78 is 0. The van der Waals surface area contributed by atoms with Gasteiger partial charge in [0.05, 0.1) is 5.69 Å². The van der Waals surface area contributed by atoms with Gasteiger partial charge in [0.25, 0.3) is 0 Å². The molecule has 0 aromatic carbocycles. The monoisotopic (exact) mass is 122 g/mol. The highest BCUT2D eigenvalue weighted by atomic mass is 16.3. The van der Waals surface area contributed by atoms with E-state index in [-0.39, 0.29) is 6.61 Å². The molecule has 0 amide bonds. The predicted octanol–water partition coefficient (Wildman–Crippen LogP) is 1.32. The fourth-order valence-electron chi connectivity index (χ4n) is 0.678. The average molecular weight is 122 g/mol. The van der Waals surface area contributed by atoms with Crippen molar-refractivity contribution < 1.29 is 5.11 Å². The zero-order valence-electron chi connectivity index (χ0n) is 5.29. The summed E-state index contributed by atoms with van der Waals surface area (Å²) in [6.45, 7) is 1.72. The van der Waals surface area contributed by atoms with Crippen LogP contribution in [0.5, 0.6) is 0 Å². The van der Waals surface area contributed by atoms with Gasteiger partial charge in [0, 0.05) is 6.20 Å². The molecule has 0 atom stereocenters. The van der Waals surface area contributed by atoms with Crippen LogP contribution in [-0.2, 0) is 11.7 Å². The van der Waals surface area contributed by atoms with Gasteiger partial charge in [0.15, 0.2) is 0 Å². The zero-order chi connectivity index (χ0) is 6.69. The molecule has 1 aromatic heterocycles. The summed E-state index contributed by atoms with van der Waals surface area (Å²) >= 11 is 0. The minimum absolute atomic E-state index is 0.221. The number of nitrogens with zero attached hydrogens (tertiary/aromatic N) is 1. The zero-order valence-corrected chi connectivity index (χ0v) is 5.29. The van der Waals surface area contributed by atoms with Gasteiger partial charge in [-0.3, -0.25) is 4.98 Å². The van der Waals surface area contributed by atoms with Gasteiger partial charge >= 0.3 is 0 Å². The highest BCUT2D eigenvalue weighted by molar-refractivity contribution is 5.13. The molecule has 2 heteroatoms. The van der Waals surface area contributed by atoms with Gasteiger partial charge in [-0.05, 0) is 24.6 Å². The number of pyridine rings is 1. The largest absolute Gasteiger partial charge is 0.259 e. The Labute approximate surface area is 54.2 Å². The molecule has 0 saturated carbocycles. The molecule has 0 unspecified atom stereocenters. The van der Waals surface area contributed by atoms with Crippen molar-refractivity contribution in [1.82, 2.24) is 4.98 Å². The lowest BCUT2D eigenvalue weighted by Crippen LogP contribution is -1.86. The van der Waals surface area contributed by atoms with E-state index in [2.05, 4.69) is 4.98 Å². The number of hydrogen-bond acceptors (Lipinski definition) is 1. The van der Waals surface area contributed by atoms with Gasteiger partial charge in [0.1, 0.15) is 6.61 Å². The Balaban J connectivity index is 2.94. The van der Waals surface area contributed by atoms with Gasteiger partial charge in [-0.2, -0.15) is 0 Å². The van der Waals surface area contributed by atoms with Crippen molar-refractivity contribution >= 4 is 0 Å². The highest BCUT2D eigenvalue weighted by Gasteiger charge is 1.89. The Morgan fingerprint density at radius 3 is 2.89 bits per heavy atom. The molecule has 1 heterocycles. The normalized spacial score (nSPS) is 9.56. The van der Waals surface area contributed by atoms with E-state index in [1.165, 1.54) is 0 Å². The molecule has 0 aliphatic carbocycles. The third-order valence-electron chi connectivity index (χ3n) is 1.12. The van der Waals surface area contributed by atoms with E-state index < -0.39 is 0 Å². The van der Waals surface area contributed by atoms with Crippen molar-refractivity contribution in [1.29, 1.82) is 0 Å². The molecular formula is C7H8NO. The molecule has 1 aromatic rings. The van der Waals surface area contributed by atoms with E-state index in [4.69, 9.17) is 0 Å². The lowest BCUT2D eigenvalue weighted by Gasteiger charge is -1.92. The summed E-state index contributed by atoms with van der Waals surface area (Å²) in [5, 5.41) is 10.2. The first-order valence-corrected chi connectivity index (χ1v) is 2.82. The van der Waals surface area contributed by atoms with Crippen LogP contribution in [0.4, 0.5) is 0 Å². The number of aromatic nitrogens is 1. The Kier molecular flexibility index (Phi) is 1.80. The fourth-order valence-corrected chi connectivity index (χ4v) is 0.678. The van der Waals surface area contributed by atoms with E-state index in [9.17, 15) is 5.11 Å². The minimum Gasteiger partial charge on any atom is -0.259 e. The van der Waals surface area contributed by atoms with Crippen LogP contribution in [0.1, 0.15) is 11.3 Å². The van der Waals surface area contributed by atoms with E-state index in [0.29, 0.717) is 5.69 Å². The van der Waals surface area contributed by atoms with Gasteiger partial charge in [-0.15, -0.1) is 0 Å². The molecule has 9 heavy (non-hydrogen) atoms. The Bertz CT molecular complexity index is 198. The van der Waals surface area contributed by atoms with Gasteiger partial charge in [0.2, 0.25) is 0 Å². The molecular weight excluding hydrogens is 114 g/mol. The van der Waals surface area contributed by atoms with E-state index >= 15 is 0 Å². The molecule has 0 bridgehead atoms. The van der Waals surface area contributed by atoms with Crippen LogP contribution in [0, 0.1) is 6.92 Å². The molecule has 0 saturated heterocycles. The summed E-state index contributed by atoms with van der Waals surface area (Å²) in [6, 6.07) is 3.67. The van der Waals surface area contributed by atoms with Crippen LogP contribution < -0.4 is 0 Å². The quantitative estimate of drug-likeness (QED) is 0.553. The van der Waals surface area contributed by atoms with Crippen molar-refractivity contribution in [3.8, 4) is 0 Å². The molecule has 0 aliphatic heterocycles. The van der Waals surface area contributed by atoms with E-state index in [1.807, 2.05) is 13.0 Å². The van der Waals surface area contributed by atoms with Crippen LogP contribution in [-0.4, -0.2) is 4.98 Å². The predicted molar refractivity (Wildman–Crippen MR) is 33.4 cm³/mol. The van der Waals surface area contributed by atoms with Crippen LogP contribution in [0.2, 0.25) is 0 Å². The van der Waals surface area contributed by atoms with Crippen LogP contribution in [0.15, 0.2) is 18.3 Å². The Hall–Kier alpha value is -0.890. The lowest BCUT2D eigenvalue weighted by atomic mass is 10.2. The third-order valence-corrected chi connectivity index (χ3v) is 1.12. The van der Waals surface area contributed by atoms with Crippen LogP contribution >= 0.6 is 0 Å². The number of hydrogen-bond donors (Lipinski definition) is 0. The molecule has 1 rings (SSSR count). The van der Waals surface area contributed by atoms with Crippen molar-refractivity contribution in [2.24, 2.45) is 0 Å². The molecule has 0 spiro atoms. The molecule has 0 aliphatic rings. The second kappa shape index (κ2) is 2.60. The summed E-state index contributed by atoms with van der Waals surface area (Å²) in [5.41, 5.74) is 1.71. The topological polar surface area (TPSA) is 32.8 Å². The van der Waals surface area contributed by atoms with E-state index in [1.54, 1.807) is 12.3 Å².